The number of guanidine groups is 1. The maximum absolute atomic E-state index is 13.8. The molecule has 2 aromatic rings. The summed E-state index contributed by atoms with van der Waals surface area (Å²) in [4.78, 5) is 19.1. The number of nitrogens with two attached hydrogens (primary N) is 1. The normalized spacial score (nSPS) is 24.8. The smallest absolute Gasteiger partial charge is 0.261 e. The number of halogens is 2. The number of aliphatic imine (C=N–C) groups is 1. The maximum Gasteiger partial charge on any atom is 0.261 e. The first-order chi connectivity index (χ1) is 12.3. The van der Waals surface area contributed by atoms with E-state index in [1.54, 1.807) is 13.1 Å². The van der Waals surface area contributed by atoms with Gasteiger partial charge in [0.05, 0.1) is 0 Å². The van der Waals surface area contributed by atoms with E-state index in [0.717, 1.165) is 29.5 Å². The summed E-state index contributed by atoms with van der Waals surface area (Å²) in [5.41, 5.74) is 8.37. The van der Waals surface area contributed by atoms with Crippen molar-refractivity contribution in [1.82, 2.24) is 4.90 Å². The third kappa shape index (κ3) is 2.34. The third-order valence-electron chi connectivity index (χ3n) is 5.54. The molecule has 1 aliphatic carbocycles. The summed E-state index contributed by atoms with van der Waals surface area (Å²) < 4.78 is 13.8. The van der Waals surface area contributed by atoms with Crippen molar-refractivity contribution in [3.05, 3.63) is 58.4 Å². The predicted molar refractivity (Wildman–Crippen MR) is 100 cm³/mol. The molecule has 1 amide bonds. The standard InChI is InChI=1S/C20H19ClFN3O/c1-11-3-4-12-5-6-13(14-7-15(21)10-16(22)8-14)9-17(12)20(11)18(26)25(2)19(23)24-20/h5-11H,3-4H2,1-2H3,(H2,23,24). The summed E-state index contributed by atoms with van der Waals surface area (Å²) in [5.74, 6) is -0.253. The number of carbonyl (C=O) groups is 1. The Morgan fingerprint density at radius 1 is 1.27 bits per heavy atom. The van der Waals surface area contributed by atoms with Crippen molar-refractivity contribution in [2.45, 2.75) is 25.3 Å². The van der Waals surface area contributed by atoms with Crippen LogP contribution in [0.15, 0.2) is 41.4 Å². The molecule has 2 aliphatic rings. The van der Waals surface area contributed by atoms with Crippen LogP contribution in [-0.4, -0.2) is 23.8 Å². The number of benzene rings is 2. The molecule has 0 saturated heterocycles. The van der Waals surface area contributed by atoms with E-state index in [9.17, 15) is 9.18 Å². The molecule has 4 nitrogen and oxygen atoms in total. The zero-order valence-corrected chi connectivity index (χ0v) is 15.3. The molecular formula is C20H19ClFN3O. The Kier molecular flexibility index (Phi) is 3.81. The van der Waals surface area contributed by atoms with Crippen molar-refractivity contribution in [3.63, 3.8) is 0 Å². The molecule has 2 N–H and O–H groups in total. The quantitative estimate of drug-likeness (QED) is 0.830. The van der Waals surface area contributed by atoms with Gasteiger partial charge in [-0.2, -0.15) is 0 Å². The Hall–Kier alpha value is -2.40. The number of nitrogens with zero attached hydrogens (tertiary/aromatic N) is 2. The summed E-state index contributed by atoms with van der Waals surface area (Å²) in [6.07, 6.45) is 1.73. The molecule has 134 valence electrons. The summed E-state index contributed by atoms with van der Waals surface area (Å²) in [5, 5.41) is 0.333. The molecule has 0 aromatic heterocycles. The van der Waals surface area contributed by atoms with Crippen LogP contribution in [0.25, 0.3) is 11.1 Å². The number of aryl methyl sites for hydroxylation is 1. The van der Waals surface area contributed by atoms with Crippen LogP contribution in [0.2, 0.25) is 5.02 Å². The van der Waals surface area contributed by atoms with Crippen LogP contribution in [0.4, 0.5) is 4.39 Å². The molecular weight excluding hydrogens is 353 g/mol. The zero-order valence-electron chi connectivity index (χ0n) is 14.6. The molecule has 2 unspecified atom stereocenters. The van der Waals surface area contributed by atoms with Gasteiger partial charge >= 0.3 is 0 Å². The number of hydrogen-bond acceptors (Lipinski definition) is 3. The highest BCUT2D eigenvalue weighted by Gasteiger charge is 2.54. The molecule has 1 heterocycles. The van der Waals surface area contributed by atoms with E-state index in [-0.39, 0.29) is 17.8 Å². The second-order valence-corrected chi connectivity index (χ2v) is 7.51. The van der Waals surface area contributed by atoms with Crippen molar-refractivity contribution in [1.29, 1.82) is 0 Å². The highest BCUT2D eigenvalue weighted by atomic mass is 35.5. The minimum absolute atomic E-state index is 0.0253. The largest absolute Gasteiger partial charge is 0.369 e. The van der Waals surface area contributed by atoms with Crippen LogP contribution in [0.1, 0.15) is 24.5 Å². The second-order valence-electron chi connectivity index (χ2n) is 7.07. The summed E-state index contributed by atoms with van der Waals surface area (Å²) in [6, 6.07) is 10.3. The van der Waals surface area contributed by atoms with Crippen LogP contribution in [-0.2, 0) is 16.8 Å². The van der Waals surface area contributed by atoms with Crippen molar-refractivity contribution >= 4 is 23.5 Å². The predicted octanol–water partition coefficient (Wildman–Crippen LogP) is 3.71. The molecule has 1 spiro atoms. The Morgan fingerprint density at radius 3 is 2.69 bits per heavy atom. The molecule has 2 aromatic carbocycles. The van der Waals surface area contributed by atoms with Crippen LogP contribution in [0.5, 0.6) is 0 Å². The average molecular weight is 372 g/mol. The first kappa shape index (κ1) is 17.0. The molecule has 0 fully saturated rings. The lowest BCUT2D eigenvalue weighted by Gasteiger charge is -2.37. The lowest BCUT2D eigenvalue weighted by Crippen LogP contribution is -2.46. The fourth-order valence-corrected chi connectivity index (χ4v) is 4.28. The SMILES string of the molecule is CC1CCc2ccc(-c3cc(F)cc(Cl)c3)cc2C12N=C(N)N(C)C2=O. The summed E-state index contributed by atoms with van der Waals surface area (Å²) in [6.45, 7) is 2.03. The minimum atomic E-state index is -1.00. The van der Waals surface area contributed by atoms with Crippen molar-refractivity contribution in [2.24, 2.45) is 16.6 Å². The van der Waals surface area contributed by atoms with Gasteiger partial charge in [0, 0.05) is 12.1 Å². The fraction of sp³-hybridized carbons (Fsp3) is 0.300. The van der Waals surface area contributed by atoms with E-state index >= 15 is 0 Å². The molecule has 1 aliphatic heterocycles. The number of rotatable bonds is 1. The van der Waals surface area contributed by atoms with Gasteiger partial charge in [0.2, 0.25) is 0 Å². The topological polar surface area (TPSA) is 58.7 Å². The molecule has 4 rings (SSSR count). The van der Waals surface area contributed by atoms with E-state index in [4.69, 9.17) is 17.3 Å². The number of amides is 1. The van der Waals surface area contributed by atoms with Crippen LogP contribution in [0.3, 0.4) is 0 Å². The van der Waals surface area contributed by atoms with Crippen molar-refractivity contribution in [3.8, 4) is 11.1 Å². The molecule has 0 bridgehead atoms. The Labute approximate surface area is 156 Å². The number of fused-ring (bicyclic) bond motifs is 2. The Bertz CT molecular complexity index is 938. The van der Waals surface area contributed by atoms with Gasteiger partial charge in [-0.3, -0.25) is 9.69 Å². The second kappa shape index (κ2) is 5.81. The molecule has 0 radical (unpaired) electrons. The van der Waals surface area contributed by atoms with E-state index in [2.05, 4.69) is 4.99 Å². The first-order valence-corrected chi connectivity index (χ1v) is 8.94. The lowest BCUT2D eigenvalue weighted by atomic mass is 9.69. The van der Waals surface area contributed by atoms with Crippen LogP contribution >= 0.6 is 11.6 Å². The Morgan fingerprint density at radius 2 is 2.04 bits per heavy atom. The number of hydrogen-bond donors (Lipinski definition) is 1. The summed E-state index contributed by atoms with van der Waals surface area (Å²) in [7, 11) is 1.65. The first-order valence-electron chi connectivity index (χ1n) is 8.56. The van der Waals surface area contributed by atoms with Crippen LogP contribution < -0.4 is 5.73 Å². The highest BCUT2D eigenvalue weighted by Crippen LogP contribution is 2.47. The van der Waals surface area contributed by atoms with Gasteiger partial charge in [0.25, 0.3) is 5.91 Å². The Balaban J connectivity index is 1.93. The fourth-order valence-electron chi connectivity index (χ4n) is 4.06. The highest BCUT2D eigenvalue weighted by molar-refractivity contribution is 6.30. The van der Waals surface area contributed by atoms with Gasteiger partial charge in [-0.15, -0.1) is 0 Å². The minimum Gasteiger partial charge on any atom is -0.369 e. The monoisotopic (exact) mass is 371 g/mol. The van der Waals surface area contributed by atoms with Gasteiger partial charge in [-0.25, -0.2) is 9.38 Å². The van der Waals surface area contributed by atoms with E-state index in [0.29, 0.717) is 10.6 Å². The van der Waals surface area contributed by atoms with Crippen molar-refractivity contribution in [2.75, 3.05) is 7.05 Å². The van der Waals surface area contributed by atoms with Gasteiger partial charge in [0.1, 0.15) is 5.82 Å². The maximum atomic E-state index is 13.8. The van der Waals surface area contributed by atoms with E-state index in [1.165, 1.54) is 17.0 Å². The lowest BCUT2D eigenvalue weighted by molar-refractivity contribution is -0.132. The molecule has 6 heteroatoms. The van der Waals surface area contributed by atoms with E-state index in [1.807, 2.05) is 25.1 Å². The van der Waals surface area contributed by atoms with Crippen molar-refractivity contribution < 1.29 is 9.18 Å². The molecule has 26 heavy (non-hydrogen) atoms. The number of likely N-dealkylation sites (N-methyl/N-ethyl adjacent to an activating group) is 1. The van der Waals surface area contributed by atoms with Gasteiger partial charge in [0.15, 0.2) is 11.5 Å². The average Bonchev–Trinajstić information content (AvgIpc) is 2.83. The van der Waals surface area contributed by atoms with Crippen LogP contribution in [0, 0.1) is 11.7 Å². The van der Waals surface area contributed by atoms with Gasteiger partial charge < -0.3 is 5.73 Å². The zero-order chi connectivity index (χ0) is 18.6. The molecule has 0 saturated carbocycles. The van der Waals surface area contributed by atoms with E-state index < -0.39 is 11.4 Å². The van der Waals surface area contributed by atoms with Gasteiger partial charge in [-0.1, -0.05) is 30.7 Å². The summed E-state index contributed by atoms with van der Waals surface area (Å²) >= 11 is 6.01. The number of carbonyl (C=O) groups excluding carboxylic acids is 1. The van der Waals surface area contributed by atoms with Gasteiger partial charge in [-0.05, 0) is 65.3 Å². The third-order valence-corrected chi connectivity index (χ3v) is 5.76. The molecule has 2 atom stereocenters.